The molecular formula is C29H22Cl2N2O2S. The third kappa shape index (κ3) is 7.01. The molecule has 0 bridgehead atoms. The quantitative estimate of drug-likeness (QED) is 0.180. The van der Waals surface area contributed by atoms with Gasteiger partial charge in [-0.2, -0.15) is 0 Å². The number of anilines is 1. The highest BCUT2D eigenvalue weighted by molar-refractivity contribution is 7.98. The summed E-state index contributed by atoms with van der Waals surface area (Å²) < 4.78 is 0. The molecular weight excluding hydrogens is 511 g/mol. The van der Waals surface area contributed by atoms with Gasteiger partial charge in [0.2, 0.25) is 0 Å². The van der Waals surface area contributed by atoms with Crippen molar-refractivity contribution in [3.05, 3.63) is 136 Å². The second-order valence-corrected chi connectivity index (χ2v) is 9.63. The Morgan fingerprint density at radius 3 is 2.00 bits per heavy atom. The van der Waals surface area contributed by atoms with Crippen molar-refractivity contribution in [2.75, 3.05) is 5.32 Å². The first-order valence-electron chi connectivity index (χ1n) is 11.1. The molecule has 2 amide bonds. The highest BCUT2D eigenvalue weighted by Crippen LogP contribution is 2.27. The van der Waals surface area contributed by atoms with E-state index in [2.05, 4.69) is 22.8 Å². The van der Waals surface area contributed by atoms with Gasteiger partial charge in [0.15, 0.2) is 0 Å². The molecule has 0 fully saturated rings. The molecule has 0 unspecified atom stereocenters. The fourth-order valence-electron chi connectivity index (χ4n) is 3.31. The Morgan fingerprint density at radius 2 is 1.36 bits per heavy atom. The molecule has 0 heterocycles. The predicted molar refractivity (Wildman–Crippen MR) is 149 cm³/mol. The Bertz CT molecular complexity index is 1360. The number of nitrogens with one attached hydrogen (secondary N) is 2. The van der Waals surface area contributed by atoms with E-state index in [0.717, 1.165) is 10.6 Å². The lowest BCUT2D eigenvalue weighted by Crippen LogP contribution is -2.30. The molecule has 0 aliphatic carbocycles. The topological polar surface area (TPSA) is 58.2 Å². The summed E-state index contributed by atoms with van der Waals surface area (Å²) in [6, 6.07) is 31.4. The summed E-state index contributed by atoms with van der Waals surface area (Å²) in [7, 11) is 0. The third-order valence-corrected chi connectivity index (χ3v) is 6.92. The molecule has 0 radical (unpaired) electrons. The van der Waals surface area contributed by atoms with Crippen molar-refractivity contribution in [1.29, 1.82) is 0 Å². The smallest absolute Gasteiger partial charge is 0.272 e. The first kappa shape index (κ1) is 25.6. The molecule has 0 saturated carbocycles. The number of amides is 2. The van der Waals surface area contributed by atoms with Crippen molar-refractivity contribution in [2.45, 2.75) is 10.6 Å². The van der Waals surface area contributed by atoms with E-state index in [1.807, 2.05) is 48.5 Å². The predicted octanol–water partition coefficient (Wildman–Crippen LogP) is 7.70. The highest BCUT2D eigenvalue weighted by Gasteiger charge is 2.17. The van der Waals surface area contributed by atoms with Gasteiger partial charge in [0, 0.05) is 37.5 Å². The average Bonchev–Trinajstić information content (AvgIpc) is 2.90. The van der Waals surface area contributed by atoms with E-state index >= 15 is 0 Å². The lowest BCUT2D eigenvalue weighted by molar-refractivity contribution is -0.113. The maximum absolute atomic E-state index is 13.2. The largest absolute Gasteiger partial charge is 0.321 e. The number of benzene rings is 4. The molecule has 7 heteroatoms. The Kier molecular flexibility index (Phi) is 8.85. The zero-order valence-corrected chi connectivity index (χ0v) is 21.4. The first-order chi connectivity index (χ1) is 17.5. The van der Waals surface area contributed by atoms with Crippen LogP contribution in [-0.4, -0.2) is 11.8 Å². The van der Waals surface area contributed by atoms with Gasteiger partial charge in [-0.1, -0.05) is 77.8 Å². The lowest BCUT2D eigenvalue weighted by Gasteiger charge is -2.13. The number of hydrogen-bond acceptors (Lipinski definition) is 3. The summed E-state index contributed by atoms with van der Waals surface area (Å²) in [4.78, 5) is 27.1. The summed E-state index contributed by atoms with van der Waals surface area (Å²) in [6.07, 6.45) is 1.48. The summed E-state index contributed by atoms with van der Waals surface area (Å²) in [5.74, 6) is -0.0726. The Balaban J connectivity index is 1.51. The normalized spacial score (nSPS) is 11.1. The Morgan fingerprint density at radius 1 is 0.750 bits per heavy atom. The number of thioether (sulfide) groups is 1. The van der Waals surface area contributed by atoms with Gasteiger partial charge >= 0.3 is 0 Å². The SMILES string of the molecule is O=C(Nc1ccc(SCc2ccccc2)cc1)/C(=C/c1c(Cl)cccc1Cl)NC(=O)c1ccccc1. The van der Waals surface area contributed by atoms with E-state index < -0.39 is 11.8 Å². The van der Waals surface area contributed by atoms with Crippen LogP contribution in [-0.2, 0) is 10.5 Å². The zero-order chi connectivity index (χ0) is 25.3. The van der Waals surface area contributed by atoms with E-state index in [1.54, 1.807) is 54.2 Å². The van der Waals surface area contributed by atoms with Crippen molar-refractivity contribution >= 4 is 58.5 Å². The van der Waals surface area contributed by atoms with Gasteiger partial charge in [-0.3, -0.25) is 9.59 Å². The minimum atomic E-state index is -0.500. The molecule has 36 heavy (non-hydrogen) atoms. The van der Waals surface area contributed by atoms with Gasteiger partial charge in [-0.15, -0.1) is 11.8 Å². The molecule has 4 aromatic rings. The van der Waals surface area contributed by atoms with Gasteiger partial charge < -0.3 is 10.6 Å². The molecule has 0 spiro atoms. The van der Waals surface area contributed by atoms with Crippen molar-refractivity contribution in [3.63, 3.8) is 0 Å². The Labute approximate surface area is 224 Å². The van der Waals surface area contributed by atoms with E-state index in [9.17, 15) is 9.59 Å². The van der Waals surface area contributed by atoms with Gasteiger partial charge in [0.25, 0.3) is 11.8 Å². The molecule has 2 N–H and O–H groups in total. The standard InChI is InChI=1S/C29H22Cl2N2O2S/c30-25-12-7-13-26(31)24(25)18-27(33-28(34)21-10-5-2-6-11-21)29(35)32-22-14-16-23(17-15-22)36-19-20-8-3-1-4-9-20/h1-18H,19H2,(H,32,35)(H,33,34)/b27-18-. The maximum Gasteiger partial charge on any atom is 0.272 e. The molecule has 180 valence electrons. The average molecular weight is 533 g/mol. The van der Waals surface area contributed by atoms with Crippen molar-refractivity contribution in [3.8, 4) is 0 Å². The molecule has 0 saturated heterocycles. The van der Waals surface area contributed by atoms with Crippen LogP contribution in [0.2, 0.25) is 10.0 Å². The van der Waals surface area contributed by atoms with Crippen LogP contribution in [0.4, 0.5) is 5.69 Å². The minimum Gasteiger partial charge on any atom is -0.321 e. The second-order valence-electron chi connectivity index (χ2n) is 7.77. The lowest BCUT2D eigenvalue weighted by atomic mass is 10.1. The van der Waals surface area contributed by atoms with E-state index in [4.69, 9.17) is 23.2 Å². The van der Waals surface area contributed by atoms with Crippen LogP contribution in [0.3, 0.4) is 0 Å². The molecule has 0 aliphatic heterocycles. The summed E-state index contributed by atoms with van der Waals surface area (Å²) in [6.45, 7) is 0. The fourth-order valence-corrected chi connectivity index (χ4v) is 4.67. The van der Waals surface area contributed by atoms with Crippen molar-refractivity contribution in [1.82, 2.24) is 5.32 Å². The van der Waals surface area contributed by atoms with Crippen LogP contribution in [0, 0.1) is 0 Å². The van der Waals surface area contributed by atoms with E-state index in [0.29, 0.717) is 26.9 Å². The summed E-state index contributed by atoms with van der Waals surface area (Å²) >= 11 is 14.3. The summed E-state index contributed by atoms with van der Waals surface area (Å²) in [5, 5.41) is 6.26. The van der Waals surface area contributed by atoms with Crippen LogP contribution in [0.5, 0.6) is 0 Å². The van der Waals surface area contributed by atoms with Gasteiger partial charge in [-0.05, 0) is 60.2 Å². The van der Waals surface area contributed by atoms with Crippen LogP contribution in [0.25, 0.3) is 6.08 Å². The van der Waals surface area contributed by atoms with Crippen LogP contribution < -0.4 is 10.6 Å². The fraction of sp³-hybridized carbons (Fsp3) is 0.0345. The third-order valence-electron chi connectivity index (χ3n) is 5.18. The molecule has 4 aromatic carbocycles. The second kappa shape index (κ2) is 12.5. The summed E-state index contributed by atoms with van der Waals surface area (Å²) in [5.41, 5.74) is 2.70. The monoisotopic (exact) mass is 532 g/mol. The van der Waals surface area contributed by atoms with Crippen LogP contribution in [0.1, 0.15) is 21.5 Å². The number of carbonyl (C=O) groups is 2. The van der Waals surface area contributed by atoms with E-state index in [1.165, 1.54) is 11.6 Å². The maximum atomic E-state index is 13.2. The number of halogens is 2. The van der Waals surface area contributed by atoms with Gasteiger partial charge in [-0.25, -0.2) is 0 Å². The molecule has 0 atom stereocenters. The van der Waals surface area contributed by atoms with Gasteiger partial charge in [0.05, 0.1) is 0 Å². The molecule has 0 aromatic heterocycles. The number of carbonyl (C=O) groups excluding carboxylic acids is 2. The molecule has 4 rings (SSSR count). The Hall–Kier alpha value is -3.51. The zero-order valence-electron chi connectivity index (χ0n) is 19.1. The van der Waals surface area contributed by atoms with Gasteiger partial charge in [0.1, 0.15) is 5.70 Å². The van der Waals surface area contributed by atoms with Crippen LogP contribution >= 0.6 is 35.0 Å². The number of rotatable bonds is 8. The minimum absolute atomic E-state index is 0.0152. The molecule has 0 aliphatic rings. The first-order valence-corrected chi connectivity index (χ1v) is 12.8. The highest BCUT2D eigenvalue weighted by atomic mass is 35.5. The number of hydrogen-bond donors (Lipinski definition) is 2. The van der Waals surface area contributed by atoms with Crippen molar-refractivity contribution < 1.29 is 9.59 Å². The van der Waals surface area contributed by atoms with Crippen LogP contribution in [0.15, 0.2) is 114 Å². The van der Waals surface area contributed by atoms with E-state index in [-0.39, 0.29) is 5.70 Å². The molecule has 4 nitrogen and oxygen atoms in total. The van der Waals surface area contributed by atoms with Crippen molar-refractivity contribution in [2.24, 2.45) is 0 Å².